The van der Waals surface area contributed by atoms with Gasteiger partial charge in [0.2, 0.25) is 0 Å². The maximum Gasteiger partial charge on any atom is 0.0736 e. The second-order valence-corrected chi connectivity index (χ2v) is 4.17. The lowest BCUT2D eigenvalue weighted by Gasteiger charge is -2.13. The molecular formula is C15H11NO4-2. The summed E-state index contributed by atoms with van der Waals surface area (Å²) in [5.41, 5.74) is 1.46. The van der Waals surface area contributed by atoms with E-state index in [0.29, 0.717) is 12.2 Å². The molecule has 0 saturated heterocycles. The number of para-hydroxylation sites is 1. The highest BCUT2D eigenvalue weighted by atomic mass is 16.4. The second-order valence-electron chi connectivity index (χ2n) is 4.17. The Labute approximate surface area is 115 Å². The average molecular weight is 269 g/mol. The Bertz CT molecular complexity index is 635. The van der Waals surface area contributed by atoms with Crippen LogP contribution < -0.4 is 15.5 Å². The van der Waals surface area contributed by atoms with Crippen LogP contribution in [0.25, 0.3) is 0 Å². The van der Waals surface area contributed by atoms with Gasteiger partial charge in [-0.2, -0.15) is 0 Å². The van der Waals surface area contributed by atoms with Crippen LogP contribution in [-0.4, -0.2) is 11.9 Å². The van der Waals surface area contributed by atoms with Crippen molar-refractivity contribution in [3.05, 3.63) is 65.2 Å². The third-order valence-corrected chi connectivity index (χ3v) is 2.82. The van der Waals surface area contributed by atoms with Gasteiger partial charge in [0.1, 0.15) is 0 Å². The van der Waals surface area contributed by atoms with Crippen LogP contribution >= 0.6 is 0 Å². The Morgan fingerprint density at radius 3 is 2.15 bits per heavy atom. The Hall–Kier alpha value is -2.82. The summed E-state index contributed by atoms with van der Waals surface area (Å²) in [4.78, 5) is 21.5. The summed E-state index contributed by atoms with van der Waals surface area (Å²) >= 11 is 0. The van der Waals surface area contributed by atoms with Crippen LogP contribution in [0.4, 0.5) is 5.69 Å². The first kappa shape index (κ1) is 13.6. The molecule has 0 aromatic heterocycles. The first-order chi connectivity index (χ1) is 9.58. The SMILES string of the molecule is O=C([O-])c1ccc(CNc2ccccc2C(=O)[O-])cc1. The summed E-state index contributed by atoms with van der Waals surface area (Å²) in [6.45, 7) is 0.373. The average Bonchev–Trinajstić information content (AvgIpc) is 2.45. The zero-order valence-electron chi connectivity index (χ0n) is 10.5. The molecule has 2 rings (SSSR count). The highest BCUT2D eigenvalue weighted by molar-refractivity contribution is 5.92. The minimum atomic E-state index is -1.25. The van der Waals surface area contributed by atoms with Crippen LogP contribution in [-0.2, 0) is 6.54 Å². The van der Waals surface area contributed by atoms with Gasteiger partial charge in [-0.25, -0.2) is 0 Å². The van der Waals surface area contributed by atoms with Gasteiger partial charge in [-0.1, -0.05) is 42.5 Å². The predicted molar refractivity (Wildman–Crippen MR) is 68.9 cm³/mol. The molecule has 0 unspecified atom stereocenters. The van der Waals surface area contributed by atoms with E-state index in [9.17, 15) is 19.8 Å². The molecule has 2 aromatic carbocycles. The Morgan fingerprint density at radius 2 is 1.55 bits per heavy atom. The smallest absolute Gasteiger partial charge is 0.0736 e. The number of carbonyl (C=O) groups excluding carboxylic acids is 2. The molecular weight excluding hydrogens is 258 g/mol. The van der Waals surface area contributed by atoms with E-state index in [4.69, 9.17) is 0 Å². The quantitative estimate of drug-likeness (QED) is 0.826. The van der Waals surface area contributed by atoms with Crippen molar-refractivity contribution in [3.8, 4) is 0 Å². The molecule has 2 aromatic rings. The lowest BCUT2D eigenvalue weighted by molar-refractivity contribution is -0.256. The number of nitrogens with one attached hydrogen (secondary N) is 1. The van der Waals surface area contributed by atoms with Crippen molar-refractivity contribution < 1.29 is 19.8 Å². The number of aromatic carboxylic acids is 2. The fraction of sp³-hybridized carbons (Fsp3) is 0.0667. The van der Waals surface area contributed by atoms with Gasteiger partial charge >= 0.3 is 0 Å². The normalized spacial score (nSPS) is 10.0. The van der Waals surface area contributed by atoms with Crippen molar-refractivity contribution in [3.63, 3.8) is 0 Å². The maximum atomic E-state index is 10.9. The molecule has 0 heterocycles. The van der Waals surface area contributed by atoms with Gasteiger partial charge in [0.05, 0.1) is 11.9 Å². The molecule has 1 N–H and O–H groups in total. The van der Waals surface area contributed by atoms with Crippen LogP contribution in [0.15, 0.2) is 48.5 Å². The third-order valence-electron chi connectivity index (χ3n) is 2.82. The highest BCUT2D eigenvalue weighted by Gasteiger charge is 2.02. The van der Waals surface area contributed by atoms with E-state index in [1.54, 1.807) is 30.3 Å². The van der Waals surface area contributed by atoms with Crippen LogP contribution in [0, 0.1) is 0 Å². The molecule has 0 bridgehead atoms. The van der Waals surface area contributed by atoms with E-state index in [-0.39, 0.29) is 11.1 Å². The lowest BCUT2D eigenvalue weighted by Crippen LogP contribution is -2.23. The molecule has 0 radical (unpaired) electrons. The maximum absolute atomic E-state index is 10.9. The number of anilines is 1. The number of carboxylic acid groups (broad SMARTS) is 2. The van der Waals surface area contributed by atoms with E-state index in [2.05, 4.69) is 5.32 Å². The molecule has 20 heavy (non-hydrogen) atoms. The Morgan fingerprint density at radius 1 is 0.900 bits per heavy atom. The van der Waals surface area contributed by atoms with Gasteiger partial charge < -0.3 is 25.1 Å². The predicted octanol–water partition coefficient (Wildman–Crippen LogP) is 0.0257. The largest absolute Gasteiger partial charge is 0.545 e. The van der Waals surface area contributed by atoms with Gasteiger partial charge in [-0.15, -0.1) is 0 Å². The molecule has 102 valence electrons. The van der Waals surface area contributed by atoms with Crippen molar-refractivity contribution in [2.24, 2.45) is 0 Å². The minimum Gasteiger partial charge on any atom is -0.545 e. The molecule has 0 aliphatic rings. The standard InChI is InChI=1S/C15H13NO4/c17-14(18)11-7-5-10(6-8-11)9-16-13-4-2-1-3-12(13)15(19)20/h1-8,16H,9H2,(H,17,18)(H,19,20)/p-2. The summed E-state index contributed by atoms with van der Waals surface area (Å²) in [5, 5.41) is 24.5. The monoisotopic (exact) mass is 269 g/mol. The molecule has 5 nitrogen and oxygen atoms in total. The number of hydrogen-bond donors (Lipinski definition) is 1. The highest BCUT2D eigenvalue weighted by Crippen LogP contribution is 2.15. The van der Waals surface area contributed by atoms with E-state index in [1.165, 1.54) is 18.2 Å². The Kier molecular flexibility index (Phi) is 4.00. The molecule has 0 fully saturated rings. The van der Waals surface area contributed by atoms with Crippen molar-refractivity contribution in [2.75, 3.05) is 5.32 Å². The van der Waals surface area contributed by atoms with Crippen LogP contribution in [0.5, 0.6) is 0 Å². The van der Waals surface area contributed by atoms with E-state index in [1.807, 2.05) is 0 Å². The topological polar surface area (TPSA) is 92.3 Å². The second kappa shape index (κ2) is 5.88. The molecule has 0 amide bonds. The minimum absolute atomic E-state index is 0.0823. The number of rotatable bonds is 5. The fourth-order valence-electron chi connectivity index (χ4n) is 1.77. The van der Waals surface area contributed by atoms with Crippen molar-refractivity contribution in [1.29, 1.82) is 0 Å². The van der Waals surface area contributed by atoms with Crippen LogP contribution in [0.3, 0.4) is 0 Å². The summed E-state index contributed by atoms with van der Waals surface area (Å²) in [6, 6.07) is 12.6. The lowest BCUT2D eigenvalue weighted by atomic mass is 10.1. The summed E-state index contributed by atoms with van der Waals surface area (Å²) in [6.07, 6.45) is 0. The van der Waals surface area contributed by atoms with Crippen molar-refractivity contribution in [1.82, 2.24) is 0 Å². The van der Waals surface area contributed by atoms with Gasteiger partial charge in [0, 0.05) is 17.8 Å². The third kappa shape index (κ3) is 3.14. The molecule has 0 atom stereocenters. The van der Waals surface area contributed by atoms with Crippen molar-refractivity contribution >= 4 is 17.6 Å². The first-order valence-corrected chi connectivity index (χ1v) is 5.92. The summed E-state index contributed by atoms with van der Waals surface area (Å²) < 4.78 is 0. The number of hydrogen-bond acceptors (Lipinski definition) is 5. The van der Waals surface area contributed by atoms with Crippen LogP contribution in [0.1, 0.15) is 26.3 Å². The first-order valence-electron chi connectivity index (χ1n) is 5.92. The fourth-order valence-corrected chi connectivity index (χ4v) is 1.77. The van der Waals surface area contributed by atoms with Gasteiger partial charge in [-0.3, -0.25) is 0 Å². The van der Waals surface area contributed by atoms with E-state index >= 15 is 0 Å². The molecule has 5 heteroatoms. The number of carboxylic acids is 2. The number of carbonyl (C=O) groups is 2. The summed E-state index contributed by atoms with van der Waals surface area (Å²) in [7, 11) is 0. The molecule has 0 saturated carbocycles. The van der Waals surface area contributed by atoms with Gasteiger partial charge in [-0.05, 0) is 17.2 Å². The number of benzene rings is 2. The molecule has 0 aliphatic heterocycles. The van der Waals surface area contributed by atoms with Gasteiger partial charge in [0.25, 0.3) is 0 Å². The molecule has 0 aliphatic carbocycles. The Balaban J connectivity index is 2.09. The van der Waals surface area contributed by atoms with Crippen molar-refractivity contribution in [2.45, 2.75) is 6.54 Å². The van der Waals surface area contributed by atoms with E-state index in [0.717, 1.165) is 5.56 Å². The molecule has 0 spiro atoms. The van der Waals surface area contributed by atoms with E-state index < -0.39 is 11.9 Å². The summed E-state index contributed by atoms with van der Waals surface area (Å²) in [5.74, 6) is -2.48. The van der Waals surface area contributed by atoms with Crippen LogP contribution in [0.2, 0.25) is 0 Å². The zero-order chi connectivity index (χ0) is 14.5. The van der Waals surface area contributed by atoms with Gasteiger partial charge in [0.15, 0.2) is 0 Å². The zero-order valence-corrected chi connectivity index (χ0v) is 10.5.